The lowest BCUT2D eigenvalue weighted by Gasteiger charge is -2.31. The number of hydrogen-bond acceptors (Lipinski definition) is 4. The molecule has 5 nitrogen and oxygen atoms in total. The Bertz CT molecular complexity index is 752. The van der Waals surface area contributed by atoms with Crippen LogP contribution in [0.2, 0.25) is 0 Å². The lowest BCUT2D eigenvalue weighted by atomic mass is 9.82. The Hall–Kier alpha value is -2.14. The molecular weight excluding hydrogens is 314 g/mol. The maximum Gasteiger partial charge on any atom is 0.223 e. The minimum Gasteiger partial charge on any atom is -0.389 e. The fraction of sp³-hybridized carbons (Fsp3) is 0.500. The number of carbonyl (C=O) groups is 1. The molecule has 0 spiro atoms. The highest BCUT2D eigenvalue weighted by Gasteiger charge is 2.31. The van der Waals surface area contributed by atoms with E-state index in [4.69, 9.17) is 0 Å². The van der Waals surface area contributed by atoms with Gasteiger partial charge in [0.05, 0.1) is 17.5 Å². The highest BCUT2D eigenvalue weighted by atomic mass is 16.3. The molecular formula is C20H27N3O2. The molecule has 1 aliphatic rings. The van der Waals surface area contributed by atoms with Gasteiger partial charge < -0.3 is 15.3 Å². The molecule has 0 unspecified atom stereocenters. The van der Waals surface area contributed by atoms with Gasteiger partial charge in [-0.1, -0.05) is 37.5 Å². The third kappa shape index (κ3) is 4.28. The van der Waals surface area contributed by atoms with E-state index in [0.717, 1.165) is 54.4 Å². The van der Waals surface area contributed by atoms with Gasteiger partial charge in [-0.25, -0.2) is 4.98 Å². The van der Waals surface area contributed by atoms with Crippen LogP contribution in [-0.2, 0) is 11.3 Å². The maximum absolute atomic E-state index is 12.3. The van der Waals surface area contributed by atoms with Gasteiger partial charge in [-0.05, 0) is 30.5 Å². The SMILES string of the molecule is CN(C)c1cc(CNC(=O)CC2(O)CCCCC2)c2ccccc2n1. The zero-order valence-electron chi connectivity index (χ0n) is 15.1. The van der Waals surface area contributed by atoms with Crippen LogP contribution in [0.3, 0.4) is 0 Å². The molecule has 0 radical (unpaired) electrons. The first-order valence-electron chi connectivity index (χ1n) is 9.02. The first kappa shape index (κ1) is 17.7. The summed E-state index contributed by atoms with van der Waals surface area (Å²) >= 11 is 0. The Morgan fingerprint density at radius 1 is 1.24 bits per heavy atom. The number of aromatic nitrogens is 1. The number of pyridine rings is 1. The van der Waals surface area contributed by atoms with Crippen LogP contribution in [0.5, 0.6) is 0 Å². The van der Waals surface area contributed by atoms with Crippen molar-refractivity contribution in [1.82, 2.24) is 10.3 Å². The minimum absolute atomic E-state index is 0.0864. The molecule has 3 rings (SSSR count). The molecule has 1 aromatic heterocycles. The third-order valence-corrected chi connectivity index (χ3v) is 5.00. The van der Waals surface area contributed by atoms with Gasteiger partial charge in [-0.2, -0.15) is 0 Å². The lowest BCUT2D eigenvalue weighted by Crippen LogP contribution is -2.38. The van der Waals surface area contributed by atoms with E-state index < -0.39 is 5.60 Å². The predicted molar refractivity (Wildman–Crippen MR) is 101 cm³/mol. The third-order valence-electron chi connectivity index (χ3n) is 5.00. The van der Waals surface area contributed by atoms with E-state index in [1.807, 2.05) is 49.3 Å². The van der Waals surface area contributed by atoms with Crippen LogP contribution in [0.15, 0.2) is 30.3 Å². The minimum atomic E-state index is -0.822. The standard InChI is InChI=1S/C20H27N3O2/c1-23(2)18-12-15(16-8-4-5-9-17(16)22-18)14-21-19(24)13-20(25)10-6-3-7-11-20/h4-5,8-9,12,25H,3,6-7,10-11,13-14H2,1-2H3,(H,21,24). The number of aliphatic hydroxyl groups is 1. The van der Waals surface area contributed by atoms with E-state index >= 15 is 0 Å². The van der Waals surface area contributed by atoms with Crippen molar-refractivity contribution in [2.24, 2.45) is 0 Å². The molecule has 2 aromatic rings. The quantitative estimate of drug-likeness (QED) is 0.877. The number of nitrogens with zero attached hydrogens (tertiary/aromatic N) is 2. The number of fused-ring (bicyclic) bond motifs is 1. The summed E-state index contributed by atoms with van der Waals surface area (Å²) in [4.78, 5) is 18.9. The van der Waals surface area contributed by atoms with Gasteiger partial charge in [0.1, 0.15) is 5.82 Å². The van der Waals surface area contributed by atoms with Gasteiger partial charge in [0.25, 0.3) is 0 Å². The van der Waals surface area contributed by atoms with Crippen LogP contribution >= 0.6 is 0 Å². The Morgan fingerprint density at radius 2 is 1.96 bits per heavy atom. The molecule has 134 valence electrons. The van der Waals surface area contributed by atoms with E-state index in [-0.39, 0.29) is 12.3 Å². The molecule has 1 saturated carbocycles. The largest absolute Gasteiger partial charge is 0.389 e. The molecule has 1 heterocycles. The number of benzene rings is 1. The summed E-state index contributed by atoms with van der Waals surface area (Å²) in [6, 6.07) is 9.97. The first-order valence-corrected chi connectivity index (χ1v) is 9.02. The van der Waals surface area contributed by atoms with Crippen LogP contribution < -0.4 is 10.2 Å². The number of rotatable bonds is 5. The van der Waals surface area contributed by atoms with Crippen LogP contribution in [-0.4, -0.2) is 35.7 Å². The van der Waals surface area contributed by atoms with Crippen molar-refractivity contribution in [2.45, 2.75) is 50.7 Å². The number of amides is 1. The van der Waals surface area contributed by atoms with Crippen LogP contribution in [0.1, 0.15) is 44.1 Å². The molecule has 1 aromatic carbocycles. The number of carbonyl (C=O) groups excluding carboxylic acids is 1. The van der Waals surface area contributed by atoms with Crippen molar-refractivity contribution in [3.8, 4) is 0 Å². The second-order valence-electron chi connectivity index (χ2n) is 7.29. The van der Waals surface area contributed by atoms with Crippen LogP contribution in [0, 0.1) is 0 Å². The van der Waals surface area contributed by atoms with E-state index in [1.165, 1.54) is 0 Å². The Balaban J connectivity index is 1.73. The fourth-order valence-electron chi connectivity index (χ4n) is 3.55. The number of hydrogen-bond donors (Lipinski definition) is 2. The van der Waals surface area contributed by atoms with E-state index in [2.05, 4.69) is 10.3 Å². The van der Waals surface area contributed by atoms with Gasteiger partial charge in [0.15, 0.2) is 0 Å². The predicted octanol–water partition coefficient (Wildman–Crippen LogP) is 3.00. The molecule has 1 amide bonds. The van der Waals surface area contributed by atoms with Crippen molar-refractivity contribution in [3.63, 3.8) is 0 Å². The molecule has 0 saturated heterocycles. The topological polar surface area (TPSA) is 65.5 Å². The molecule has 0 aliphatic heterocycles. The lowest BCUT2D eigenvalue weighted by molar-refractivity contribution is -0.127. The summed E-state index contributed by atoms with van der Waals surface area (Å²) in [5.74, 6) is 0.783. The highest BCUT2D eigenvalue weighted by molar-refractivity contribution is 5.85. The van der Waals surface area contributed by atoms with Crippen LogP contribution in [0.25, 0.3) is 10.9 Å². The van der Waals surface area contributed by atoms with Gasteiger partial charge in [-0.3, -0.25) is 4.79 Å². The van der Waals surface area contributed by atoms with Crippen LogP contribution in [0.4, 0.5) is 5.82 Å². The average molecular weight is 341 g/mol. The monoisotopic (exact) mass is 341 g/mol. The molecule has 1 aliphatic carbocycles. The molecule has 25 heavy (non-hydrogen) atoms. The molecule has 2 N–H and O–H groups in total. The summed E-state index contributed by atoms with van der Waals surface area (Å²) in [7, 11) is 3.91. The van der Waals surface area contributed by atoms with E-state index in [9.17, 15) is 9.90 Å². The number of anilines is 1. The molecule has 5 heteroatoms. The molecule has 1 fully saturated rings. The normalized spacial score (nSPS) is 16.6. The van der Waals surface area contributed by atoms with Gasteiger partial charge in [0.2, 0.25) is 5.91 Å². The number of para-hydroxylation sites is 1. The van der Waals surface area contributed by atoms with Gasteiger partial charge in [0, 0.05) is 26.0 Å². The smallest absolute Gasteiger partial charge is 0.223 e. The Kier molecular flexibility index (Phi) is 5.23. The van der Waals surface area contributed by atoms with Crippen molar-refractivity contribution in [3.05, 3.63) is 35.9 Å². The summed E-state index contributed by atoms with van der Waals surface area (Å²) < 4.78 is 0. The number of nitrogens with one attached hydrogen (secondary N) is 1. The highest BCUT2D eigenvalue weighted by Crippen LogP contribution is 2.30. The van der Waals surface area contributed by atoms with E-state index in [0.29, 0.717) is 6.54 Å². The maximum atomic E-state index is 12.3. The molecule has 0 bridgehead atoms. The van der Waals surface area contributed by atoms with E-state index in [1.54, 1.807) is 0 Å². The zero-order chi connectivity index (χ0) is 17.9. The fourth-order valence-corrected chi connectivity index (χ4v) is 3.55. The van der Waals surface area contributed by atoms with Crippen molar-refractivity contribution >= 4 is 22.6 Å². The zero-order valence-corrected chi connectivity index (χ0v) is 15.1. The van der Waals surface area contributed by atoms with Gasteiger partial charge in [-0.15, -0.1) is 0 Å². The van der Waals surface area contributed by atoms with Crippen molar-refractivity contribution < 1.29 is 9.90 Å². The Morgan fingerprint density at radius 3 is 2.68 bits per heavy atom. The average Bonchev–Trinajstić information content (AvgIpc) is 2.59. The summed E-state index contributed by atoms with van der Waals surface area (Å²) in [6.45, 7) is 0.443. The summed E-state index contributed by atoms with van der Waals surface area (Å²) in [5.41, 5.74) is 1.14. The first-order chi connectivity index (χ1) is 12.0. The van der Waals surface area contributed by atoms with Crippen molar-refractivity contribution in [2.75, 3.05) is 19.0 Å². The second-order valence-corrected chi connectivity index (χ2v) is 7.29. The van der Waals surface area contributed by atoms with Gasteiger partial charge >= 0.3 is 0 Å². The molecule has 0 atom stereocenters. The summed E-state index contributed by atoms with van der Waals surface area (Å²) in [6.07, 6.45) is 4.81. The second kappa shape index (κ2) is 7.40. The summed E-state index contributed by atoms with van der Waals surface area (Å²) in [5, 5.41) is 14.6. The van der Waals surface area contributed by atoms with Crippen molar-refractivity contribution in [1.29, 1.82) is 0 Å². The Labute approximate surface area is 149 Å².